The van der Waals surface area contributed by atoms with Crippen molar-refractivity contribution in [3.8, 4) is 5.88 Å². The lowest BCUT2D eigenvalue weighted by Crippen LogP contribution is -2.36. The molecule has 1 heterocycles. The minimum Gasteiger partial charge on any atom is -0.475 e. The molecular weight excluding hydrogens is 312 g/mol. The Balaban J connectivity index is 1.95. The molecule has 1 aromatic carbocycles. The van der Waals surface area contributed by atoms with E-state index >= 15 is 0 Å². The number of aliphatic imine (C=N–C) groups is 1. The van der Waals surface area contributed by atoms with Gasteiger partial charge in [-0.15, -0.1) is 0 Å². The number of benzene rings is 1. The standard InChI is InChI=1S/C20H28N4O/c1-5-21-20(24-14-18-9-7-6-8-16(18)4)23-13-17-10-11-19(22-12-17)25-15(2)3/h6-12,15H,5,13-14H2,1-4H3,(H2,21,23,24). The molecular formula is C20H28N4O. The minimum atomic E-state index is 0.127. The number of nitrogens with zero attached hydrogens (tertiary/aromatic N) is 2. The number of hydrogen-bond acceptors (Lipinski definition) is 3. The smallest absolute Gasteiger partial charge is 0.213 e. The monoisotopic (exact) mass is 340 g/mol. The highest BCUT2D eigenvalue weighted by molar-refractivity contribution is 5.79. The van der Waals surface area contributed by atoms with E-state index < -0.39 is 0 Å². The molecule has 0 atom stereocenters. The molecule has 0 radical (unpaired) electrons. The van der Waals surface area contributed by atoms with Gasteiger partial charge in [0, 0.05) is 25.4 Å². The molecule has 0 bridgehead atoms. The predicted molar refractivity (Wildman–Crippen MR) is 103 cm³/mol. The molecule has 134 valence electrons. The normalized spacial score (nSPS) is 11.5. The van der Waals surface area contributed by atoms with E-state index in [1.54, 1.807) is 0 Å². The molecule has 25 heavy (non-hydrogen) atoms. The van der Waals surface area contributed by atoms with Crippen molar-refractivity contribution in [2.24, 2.45) is 4.99 Å². The van der Waals surface area contributed by atoms with E-state index in [0.29, 0.717) is 12.4 Å². The molecule has 5 heteroatoms. The molecule has 0 fully saturated rings. The van der Waals surface area contributed by atoms with E-state index in [2.05, 4.69) is 58.7 Å². The molecule has 5 nitrogen and oxygen atoms in total. The van der Waals surface area contributed by atoms with Crippen LogP contribution < -0.4 is 15.4 Å². The molecule has 0 aliphatic heterocycles. The van der Waals surface area contributed by atoms with Gasteiger partial charge in [0.1, 0.15) is 0 Å². The van der Waals surface area contributed by atoms with Gasteiger partial charge in [0.05, 0.1) is 12.6 Å². The van der Waals surface area contributed by atoms with Crippen LogP contribution in [0.15, 0.2) is 47.6 Å². The van der Waals surface area contributed by atoms with Crippen molar-refractivity contribution in [3.63, 3.8) is 0 Å². The summed E-state index contributed by atoms with van der Waals surface area (Å²) in [6.07, 6.45) is 1.94. The second-order valence-corrected chi connectivity index (χ2v) is 6.15. The largest absolute Gasteiger partial charge is 0.475 e. The van der Waals surface area contributed by atoms with Crippen LogP contribution in [0.2, 0.25) is 0 Å². The van der Waals surface area contributed by atoms with Gasteiger partial charge in [-0.05, 0) is 44.4 Å². The maximum atomic E-state index is 5.56. The Labute approximate surface area is 150 Å². The molecule has 0 saturated heterocycles. The number of pyridine rings is 1. The van der Waals surface area contributed by atoms with Crippen molar-refractivity contribution in [1.29, 1.82) is 0 Å². The predicted octanol–water partition coefficient (Wildman–Crippen LogP) is 3.43. The minimum absolute atomic E-state index is 0.127. The van der Waals surface area contributed by atoms with Crippen LogP contribution in [-0.4, -0.2) is 23.6 Å². The van der Waals surface area contributed by atoms with Crippen LogP contribution in [0, 0.1) is 6.92 Å². The molecule has 0 aliphatic carbocycles. The summed E-state index contributed by atoms with van der Waals surface area (Å²) in [5.41, 5.74) is 3.59. The van der Waals surface area contributed by atoms with Gasteiger partial charge in [-0.3, -0.25) is 0 Å². The van der Waals surface area contributed by atoms with Crippen molar-refractivity contribution in [1.82, 2.24) is 15.6 Å². The third-order valence-corrected chi connectivity index (χ3v) is 3.63. The average Bonchev–Trinajstić information content (AvgIpc) is 2.59. The summed E-state index contributed by atoms with van der Waals surface area (Å²) in [5.74, 6) is 1.44. The van der Waals surface area contributed by atoms with Crippen molar-refractivity contribution in [2.45, 2.75) is 46.9 Å². The van der Waals surface area contributed by atoms with E-state index in [0.717, 1.165) is 24.6 Å². The molecule has 0 spiro atoms. The third-order valence-electron chi connectivity index (χ3n) is 3.63. The number of nitrogens with one attached hydrogen (secondary N) is 2. The fraction of sp³-hybridized carbons (Fsp3) is 0.400. The van der Waals surface area contributed by atoms with E-state index in [1.807, 2.05) is 32.2 Å². The van der Waals surface area contributed by atoms with Gasteiger partial charge in [-0.1, -0.05) is 30.3 Å². The quantitative estimate of drug-likeness (QED) is 0.599. The summed E-state index contributed by atoms with van der Waals surface area (Å²) in [5, 5.41) is 6.65. The average molecular weight is 340 g/mol. The summed E-state index contributed by atoms with van der Waals surface area (Å²) < 4.78 is 5.56. The summed E-state index contributed by atoms with van der Waals surface area (Å²) in [6.45, 7) is 10.3. The number of aryl methyl sites for hydroxylation is 1. The first kappa shape index (κ1) is 18.8. The molecule has 0 saturated carbocycles. The van der Waals surface area contributed by atoms with Gasteiger partial charge in [0.15, 0.2) is 5.96 Å². The molecule has 1 aromatic heterocycles. The molecule has 2 aromatic rings. The second-order valence-electron chi connectivity index (χ2n) is 6.15. The number of guanidine groups is 1. The lowest BCUT2D eigenvalue weighted by molar-refractivity contribution is 0.232. The summed E-state index contributed by atoms with van der Waals surface area (Å²) in [7, 11) is 0. The van der Waals surface area contributed by atoms with Crippen LogP contribution >= 0.6 is 0 Å². The van der Waals surface area contributed by atoms with Crippen molar-refractivity contribution in [3.05, 3.63) is 59.3 Å². The van der Waals surface area contributed by atoms with Gasteiger partial charge in [0.25, 0.3) is 0 Å². The zero-order valence-electron chi connectivity index (χ0n) is 15.5. The number of aromatic nitrogens is 1. The Kier molecular flexibility index (Phi) is 7.26. The maximum Gasteiger partial charge on any atom is 0.213 e. The molecule has 0 unspecified atom stereocenters. The summed E-state index contributed by atoms with van der Waals surface area (Å²) in [6, 6.07) is 12.2. The third kappa shape index (κ3) is 6.45. The summed E-state index contributed by atoms with van der Waals surface area (Å²) in [4.78, 5) is 8.95. The van der Waals surface area contributed by atoms with Crippen LogP contribution in [0.3, 0.4) is 0 Å². The van der Waals surface area contributed by atoms with Crippen LogP contribution in [0.5, 0.6) is 5.88 Å². The van der Waals surface area contributed by atoms with Gasteiger partial charge in [-0.25, -0.2) is 9.98 Å². The first-order valence-electron chi connectivity index (χ1n) is 8.76. The summed E-state index contributed by atoms with van der Waals surface area (Å²) >= 11 is 0. The van der Waals surface area contributed by atoms with E-state index in [1.165, 1.54) is 11.1 Å². The molecule has 0 amide bonds. The Morgan fingerprint density at radius 2 is 1.96 bits per heavy atom. The first-order valence-corrected chi connectivity index (χ1v) is 8.76. The van der Waals surface area contributed by atoms with Gasteiger partial charge < -0.3 is 15.4 Å². The molecule has 0 aliphatic rings. The fourth-order valence-corrected chi connectivity index (χ4v) is 2.32. The second kappa shape index (κ2) is 9.67. The maximum absolute atomic E-state index is 5.56. The zero-order valence-corrected chi connectivity index (χ0v) is 15.5. The SMILES string of the molecule is CCNC(=NCc1ccc(OC(C)C)nc1)NCc1ccccc1C. The Morgan fingerprint density at radius 3 is 2.60 bits per heavy atom. The molecule has 2 N–H and O–H groups in total. The van der Waals surface area contributed by atoms with Gasteiger partial charge in [0.2, 0.25) is 5.88 Å². The number of ether oxygens (including phenoxy) is 1. The van der Waals surface area contributed by atoms with Crippen LogP contribution in [0.1, 0.15) is 37.5 Å². The van der Waals surface area contributed by atoms with Gasteiger partial charge in [-0.2, -0.15) is 0 Å². The van der Waals surface area contributed by atoms with Crippen LogP contribution in [-0.2, 0) is 13.1 Å². The lowest BCUT2D eigenvalue weighted by Gasteiger charge is -2.13. The topological polar surface area (TPSA) is 58.5 Å². The van der Waals surface area contributed by atoms with E-state index in [-0.39, 0.29) is 6.10 Å². The highest BCUT2D eigenvalue weighted by Gasteiger charge is 2.02. The zero-order chi connectivity index (χ0) is 18.1. The first-order chi connectivity index (χ1) is 12.1. The Hall–Kier alpha value is -2.56. The number of rotatable bonds is 7. The fourth-order valence-electron chi connectivity index (χ4n) is 2.32. The van der Waals surface area contributed by atoms with Crippen molar-refractivity contribution >= 4 is 5.96 Å². The lowest BCUT2D eigenvalue weighted by atomic mass is 10.1. The van der Waals surface area contributed by atoms with E-state index in [4.69, 9.17) is 4.74 Å². The van der Waals surface area contributed by atoms with Crippen LogP contribution in [0.4, 0.5) is 0 Å². The van der Waals surface area contributed by atoms with Crippen molar-refractivity contribution in [2.75, 3.05) is 6.54 Å². The number of hydrogen-bond donors (Lipinski definition) is 2. The van der Waals surface area contributed by atoms with Gasteiger partial charge >= 0.3 is 0 Å². The van der Waals surface area contributed by atoms with Crippen molar-refractivity contribution < 1.29 is 4.74 Å². The Morgan fingerprint density at radius 1 is 1.16 bits per heavy atom. The Bertz CT molecular complexity index is 680. The van der Waals surface area contributed by atoms with Crippen LogP contribution in [0.25, 0.3) is 0 Å². The highest BCUT2D eigenvalue weighted by atomic mass is 16.5. The van der Waals surface area contributed by atoms with E-state index in [9.17, 15) is 0 Å². The molecule has 2 rings (SSSR count). The highest BCUT2D eigenvalue weighted by Crippen LogP contribution is 2.10.